The van der Waals surface area contributed by atoms with Crippen LogP contribution in [0.5, 0.6) is 0 Å². The molecule has 0 amide bonds. The summed E-state index contributed by atoms with van der Waals surface area (Å²) in [5.41, 5.74) is 3.03. The summed E-state index contributed by atoms with van der Waals surface area (Å²) < 4.78 is 1.81. The molecular weight excluding hydrogens is 298 g/mol. The summed E-state index contributed by atoms with van der Waals surface area (Å²) in [6.07, 6.45) is 4.29. The molecule has 0 saturated heterocycles. The van der Waals surface area contributed by atoms with Gasteiger partial charge in [-0.2, -0.15) is 0 Å². The Labute approximate surface area is 132 Å². The summed E-state index contributed by atoms with van der Waals surface area (Å²) in [6, 6.07) is 11.6. The highest BCUT2D eigenvalue weighted by atomic mass is 35.5. The van der Waals surface area contributed by atoms with Crippen molar-refractivity contribution in [3.05, 3.63) is 69.2 Å². The van der Waals surface area contributed by atoms with Crippen molar-refractivity contribution in [3.8, 4) is 0 Å². The van der Waals surface area contributed by atoms with Crippen molar-refractivity contribution in [2.75, 3.05) is 0 Å². The van der Waals surface area contributed by atoms with Crippen molar-refractivity contribution < 1.29 is 0 Å². The molecule has 2 heterocycles. The normalized spacial score (nSPS) is 14.4. The smallest absolute Gasteiger partial charge is 0.274 e. The van der Waals surface area contributed by atoms with Crippen molar-refractivity contribution in [1.82, 2.24) is 14.5 Å². The van der Waals surface area contributed by atoms with Crippen LogP contribution in [0.1, 0.15) is 30.1 Å². The number of aromatic nitrogens is 3. The van der Waals surface area contributed by atoms with Gasteiger partial charge in [-0.05, 0) is 42.7 Å². The molecule has 0 N–H and O–H groups in total. The Kier molecular flexibility index (Phi) is 3.19. The van der Waals surface area contributed by atoms with Crippen molar-refractivity contribution in [3.63, 3.8) is 0 Å². The first-order valence-corrected chi connectivity index (χ1v) is 7.71. The molecule has 3 aromatic rings. The van der Waals surface area contributed by atoms with Crippen molar-refractivity contribution in [2.45, 2.75) is 25.3 Å². The molecule has 1 fully saturated rings. The molecule has 0 radical (unpaired) electrons. The topological polar surface area (TPSA) is 47.8 Å². The molecule has 1 aliphatic rings. The second-order valence-corrected chi connectivity index (χ2v) is 6.05. The fraction of sp³-hybridized carbons (Fsp3) is 0.235. The Hall–Kier alpha value is -2.20. The van der Waals surface area contributed by atoms with Crippen LogP contribution in [0.4, 0.5) is 0 Å². The van der Waals surface area contributed by atoms with Crippen LogP contribution in [-0.2, 0) is 6.42 Å². The maximum atomic E-state index is 12.8. The fourth-order valence-electron chi connectivity index (χ4n) is 2.67. The van der Waals surface area contributed by atoms with Gasteiger partial charge < -0.3 is 0 Å². The minimum Gasteiger partial charge on any atom is -0.287 e. The van der Waals surface area contributed by atoms with Crippen LogP contribution in [-0.4, -0.2) is 14.5 Å². The average molecular weight is 312 g/mol. The van der Waals surface area contributed by atoms with E-state index in [1.807, 2.05) is 41.0 Å². The van der Waals surface area contributed by atoms with Crippen LogP contribution >= 0.6 is 11.6 Å². The lowest BCUT2D eigenvalue weighted by molar-refractivity contribution is 0.711. The van der Waals surface area contributed by atoms with E-state index in [1.165, 1.54) is 0 Å². The van der Waals surface area contributed by atoms with Crippen LogP contribution in [0.25, 0.3) is 11.2 Å². The van der Waals surface area contributed by atoms with E-state index in [-0.39, 0.29) is 11.6 Å². The van der Waals surface area contributed by atoms with Crippen molar-refractivity contribution in [1.29, 1.82) is 0 Å². The summed E-state index contributed by atoms with van der Waals surface area (Å²) in [6.45, 7) is 0. The summed E-state index contributed by atoms with van der Waals surface area (Å²) in [4.78, 5) is 21.7. The van der Waals surface area contributed by atoms with Crippen molar-refractivity contribution >= 4 is 22.8 Å². The van der Waals surface area contributed by atoms with E-state index in [0.717, 1.165) is 23.9 Å². The number of hydrogen-bond donors (Lipinski definition) is 0. The fourth-order valence-corrected chi connectivity index (χ4v) is 2.80. The van der Waals surface area contributed by atoms with Gasteiger partial charge in [0, 0.05) is 23.7 Å². The van der Waals surface area contributed by atoms with Gasteiger partial charge in [-0.1, -0.05) is 23.7 Å². The summed E-state index contributed by atoms with van der Waals surface area (Å²) in [5.74, 6) is 0. The Morgan fingerprint density at radius 3 is 2.68 bits per heavy atom. The average Bonchev–Trinajstić information content (AvgIpc) is 3.35. The molecule has 0 unspecified atom stereocenters. The van der Waals surface area contributed by atoms with E-state index in [0.29, 0.717) is 22.8 Å². The molecule has 0 aliphatic heterocycles. The third-order valence-electron chi connectivity index (χ3n) is 3.91. The molecule has 0 spiro atoms. The lowest BCUT2D eigenvalue weighted by Gasteiger charge is -2.10. The zero-order valence-corrected chi connectivity index (χ0v) is 12.6. The third kappa shape index (κ3) is 2.40. The second-order valence-electron chi connectivity index (χ2n) is 5.61. The minimum absolute atomic E-state index is 0.0244. The molecule has 1 aliphatic carbocycles. The van der Waals surface area contributed by atoms with E-state index in [4.69, 9.17) is 11.6 Å². The van der Waals surface area contributed by atoms with Gasteiger partial charge in [0.15, 0.2) is 5.65 Å². The van der Waals surface area contributed by atoms with Crippen LogP contribution in [0, 0.1) is 0 Å². The number of pyridine rings is 1. The van der Waals surface area contributed by atoms with E-state index < -0.39 is 0 Å². The van der Waals surface area contributed by atoms with Gasteiger partial charge in [0.25, 0.3) is 5.56 Å². The first-order chi connectivity index (χ1) is 10.7. The first kappa shape index (κ1) is 13.5. The van der Waals surface area contributed by atoms with Gasteiger partial charge >= 0.3 is 0 Å². The van der Waals surface area contributed by atoms with Gasteiger partial charge in [0.05, 0.1) is 0 Å². The molecule has 2 aromatic heterocycles. The van der Waals surface area contributed by atoms with E-state index in [9.17, 15) is 4.79 Å². The van der Waals surface area contributed by atoms with Crippen molar-refractivity contribution in [2.24, 2.45) is 0 Å². The lowest BCUT2D eigenvalue weighted by atomic mass is 10.1. The maximum absolute atomic E-state index is 12.8. The van der Waals surface area contributed by atoms with Gasteiger partial charge in [-0.25, -0.2) is 9.97 Å². The molecule has 4 nitrogen and oxygen atoms in total. The Morgan fingerprint density at radius 1 is 1.18 bits per heavy atom. The zero-order chi connectivity index (χ0) is 15.1. The second kappa shape index (κ2) is 5.21. The van der Waals surface area contributed by atoms with E-state index in [1.54, 1.807) is 6.20 Å². The molecule has 5 heteroatoms. The van der Waals surface area contributed by atoms with Gasteiger partial charge in [-0.3, -0.25) is 9.36 Å². The quantitative estimate of drug-likeness (QED) is 0.745. The Morgan fingerprint density at radius 2 is 1.95 bits per heavy atom. The molecule has 0 atom stereocenters. The van der Waals surface area contributed by atoms with Gasteiger partial charge in [0.2, 0.25) is 0 Å². The predicted molar refractivity (Wildman–Crippen MR) is 86.3 cm³/mol. The summed E-state index contributed by atoms with van der Waals surface area (Å²) >= 11 is 5.91. The summed E-state index contributed by atoms with van der Waals surface area (Å²) in [7, 11) is 0. The molecule has 4 rings (SSSR count). The maximum Gasteiger partial charge on any atom is 0.274 e. The number of benzene rings is 1. The van der Waals surface area contributed by atoms with E-state index in [2.05, 4.69) is 9.97 Å². The number of nitrogens with zero attached hydrogens (tertiary/aromatic N) is 3. The van der Waals surface area contributed by atoms with Gasteiger partial charge in [-0.15, -0.1) is 0 Å². The summed E-state index contributed by atoms with van der Waals surface area (Å²) in [5, 5.41) is 0.690. The Bertz CT molecular complexity index is 898. The third-order valence-corrected chi connectivity index (χ3v) is 4.16. The van der Waals surface area contributed by atoms with Gasteiger partial charge in [0.1, 0.15) is 11.2 Å². The molecule has 1 aromatic carbocycles. The molecule has 22 heavy (non-hydrogen) atoms. The highest BCUT2D eigenvalue weighted by molar-refractivity contribution is 6.30. The first-order valence-electron chi connectivity index (χ1n) is 7.33. The number of halogens is 1. The van der Waals surface area contributed by atoms with Crippen LogP contribution in [0.2, 0.25) is 5.02 Å². The number of rotatable bonds is 3. The van der Waals surface area contributed by atoms with Crippen LogP contribution < -0.4 is 5.56 Å². The molecule has 110 valence electrons. The molecule has 1 saturated carbocycles. The minimum atomic E-state index is -0.0244. The highest BCUT2D eigenvalue weighted by Gasteiger charge is 2.28. The zero-order valence-electron chi connectivity index (χ0n) is 11.9. The van der Waals surface area contributed by atoms with E-state index >= 15 is 0 Å². The van der Waals surface area contributed by atoms with Crippen LogP contribution in [0.3, 0.4) is 0 Å². The largest absolute Gasteiger partial charge is 0.287 e. The predicted octanol–water partition coefficient (Wildman–Crippen LogP) is 3.37. The number of hydrogen-bond acceptors (Lipinski definition) is 3. The molecular formula is C17H14ClN3O. The Balaban J connectivity index is 1.85. The SMILES string of the molecule is O=c1c(Cc2ccc(Cl)cc2)nc2cccnc2n1C1CC1. The number of fused-ring (bicyclic) bond motifs is 1. The lowest BCUT2D eigenvalue weighted by Crippen LogP contribution is -2.26. The van der Waals surface area contributed by atoms with Crippen LogP contribution in [0.15, 0.2) is 47.4 Å². The monoisotopic (exact) mass is 311 g/mol. The highest BCUT2D eigenvalue weighted by Crippen LogP contribution is 2.35. The standard InChI is InChI=1S/C17H14ClN3O/c18-12-5-3-11(4-6-12)10-15-17(22)21(13-7-8-13)16-14(20-15)2-1-9-19-16/h1-6,9,13H,7-8,10H2. The molecule has 0 bridgehead atoms.